The molecule has 4 rings (SSSR count). The summed E-state index contributed by atoms with van der Waals surface area (Å²) < 4.78 is 5.09. The number of methoxy groups -OCH3 is 1. The molecule has 0 aromatic carbocycles. The number of nitrogens with zero attached hydrogens (tertiary/aromatic N) is 5. The molecule has 166 valence electrons. The molecule has 0 aliphatic heterocycles. The molecule has 32 heavy (non-hydrogen) atoms. The first-order valence-electron chi connectivity index (χ1n) is 10.8. The summed E-state index contributed by atoms with van der Waals surface area (Å²) in [5, 5.41) is 2.98. The zero-order valence-electron chi connectivity index (χ0n) is 18.9. The average Bonchev–Trinajstić information content (AvgIpc) is 3.28. The summed E-state index contributed by atoms with van der Waals surface area (Å²) in [5.74, 6) is 1.83. The highest BCUT2D eigenvalue weighted by Gasteiger charge is 2.31. The van der Waals surface area contributed by atoms with E-state index < -0.39 is 6.04 Å². The summed E-state index contributed by atoms with van der Waals surface area (Å²) >= 11 is 0. The van der Waals surface area contributed by atoms with Crippen LogP contribution in [0.25, 0.3) is 11.5 Å². The van der Waals surface area contributed by atoms with E-state index in [1.54, 1.807) is 31.6 Å². The summed E-state index contributed by atoms with van der Waals surface area (Å²) in [5.41, 5.74) is 3.52. The van der Waals surface area contributed by atoms with Crippen LogP contribution < -0.4 is 15.0 Å². The molecule has 1 aliphatic rings. The molecule has 3 heterocycles. The molecule has 8 nitrogen and oxygen atoms in total. The molecule has 3 aromatic heterocycles. The van der Waals surface area contributed by atoms with Gasteiger partial charge in [0.1, 0.15) is 17.6 Å². The molecule has 3 aromatic rings. The Kier molecular flexibility index (Phi) is 6.30. The van der Waals surface area contributed by atoms with Crippen molar-refractivity contribution in [3.63, 3.8) is 0 Å². The molecule has 0 spiro atoms. The maximum atomic E-state index is 13.3. The summed E-state index contributed by atoms with van der Waals surface area (Å²) in [6.45, 7) is 4.07. The van der Waals surface area contributed by atoms with Gasteiger partial charge in [-0.15, -0.1) is 0 Å². The van der Waals surface area contributed by atoms with E-state index in [0.29, 0.717) is 17.4 Å². The van der Waals surface area contributed by atoms with Crippen LogP contribution in [-0.2, 0) is 17.6 Å². The van der Waals surface area contributed by atoms with Gasteiger partial charge in [-0.25, -0.2) is 15.0 Å². The third kappa shape index (κ3) is 4.39. The third-order valence-electron chi connectivity index (χ3n) is 5.67. The first kappa shape index (κ1) is 21.7. The van der Waals surface area contributed by atoms with Crippen LogP contribution in [0.1, 0.15) is 31.5 Å². The monoisotopic (exact) mass is 432 g/mol. The Morgan fingerprint density at radius 3 is 2.62 bits per heavy atom. The molecule has 0 saturated heterocycles. The molecule has 1 aliphatic carbocycles. The fourth-order valence-corrected chi connectivity index (χ4v) is 4.16. The number of hydrogen-bond acceptors (Lipinski definition) is 7. The van der Waals surface area contributed by atoms with Crippen LogP contribution in [0, 0.1) is 5.92 Å². The second kappa shape index (κ2) is 9.30. The van der Waals surface area contributed by atoms with Crippen LogP contribution in [0.15, 0.2) is 42.7 Å². The van der Waals surface area contributed by atoms with Crippen LogP contribution in [0.5, 0.6) is 5.88 Å². The molecule has 0 radical (unpaired) electrons. The molecule has 1 atom stereocenters. The van der Waals surface area contributed by atoms with Gasteiger partial charge in [0.25, 0.3) is 0 Å². The summed E-state index contributed by atoms with van der Waals surface area (Å²) in [4.78, 5) is 33.5. The highest BCUT2D eigenvalue weighted by Crippen LogP contribution is 2.32. The maximum absolute atomic E-state index is 13.3. The lowest BCUT2D eigenvalue weighted by molar-refractivity contribution is -0.118. The van der Waals surface area contributed by atoms with E-state index in [-0.39, 0.29) is 11.8 Å². The van der Waals surface area contributed by atoms with E-state index in [4.69, 9.17) is 14.7 Å². The molecule has 1 amide bonds. The topological polar surface area (TPSA) is 93.1 Å². The summed E-state index contributed by atoms with van der Waals surface area (Å²) in [6.07, 6.45) is 6.19. The van der Waals surface area contributed by atoms with Crippen molar-refractivity contribution in [2.24, 2.45) is 5.92 Å². The first-order valence-corrected chi connectivity index (χ1v) is 10.8. The van der Waals surface area contributed by atoms with Crippen LogP contribution in [0.4, 0.5) is 11.5 Å². The van der Waals surface area contributed by atoms with Gasteiger partial charge in [-0.2, -0.15) is 0 Å². The van der Waals surface area contributed by atoms with Gasteiger partial charge in [-0.3, -0.25) is 9.78 Å². The van der Waals surface area contributed by atoms with Gasteiger partial charge in [0.05, 0.1) is 19.0 Å². The van der Waals surface area contributed by atoms with Crippen molar-refractivity contribution < 1.29 is 9.53 Å². The Morgan fingerprint density at radius 1 is 1.12 bits per heavy atom. The molecule has 0 fully saturated rings. The van der Waals surface area contributed by atoms with Crippen molar-refractivity contribution in [3.8, 4) is 17.4 Å². The van der Waals surface area contributed by atoms with E-state index in [9.17, 15) is 4.79 Å². The number of carbonyl (C=O) groups excluding carboxylic acids is 1. The van der Waals surface area contributed by atoms with Gasteiger partial charge in [0.2, 0.25) is 11.8 Å². The lowest BCUT2D eigenvalue weighted by Crippen LogP contribution is -2.46. The quantitative estimate of drug-likeness (QED) is 0.610. The number of ether oxygens (including phenoxy) is 1. The predicted molar refractivity (Wildman–Crippen MR) is 124 cm³/mol. The van der Waals surface area contributed by atoms with Gasteiger partial charge < -0.3 is 15.0 Å². The largest absolute Gasteiger partial charge is 0.481 e. The maximum Gasteiger partial charge on any atom is 0.247 e. The van der Waals surface area contributed by atoms with Crippen molar-refractivity contribution in [2.75, 3.05) is 24.4 Å². The van der Waals surface area contributed by atoms with Crippen LogP contribution in [-0.4, -0.2) is 46.0 Å². The second-order valence-corrected chi connectivity index (χ2v) is 8.24. The van der Waals surface area contributed by atoms with Crippen molar-refractivity contribution >= 4 is 17.4 Å². The fraction of sp³-hybridized carbons (Fsp3) is 0.375. The van der Waals surface area contributed by atoms with Crippen LogP contribution >= 0.6 is 0 Å². The highest BCUT2D eigenvalue weighted by molar-refractivity contribution is 5.97. The summed E-state index contributed by atoms with van der Waals surface area (Å²) in [7, 11) is 3.49. The van der Waals surface area contributed by atoms with Crippen molar-refractivity contribution in [1.82, 2.24) is 19.9 Å². The minimum Gasteiger partial charge on any atom is -0.481 e. The lowest BCUT2D eigenvalue weighted by Gasteiger charge is -2.32. The lowest BCUT2D eigenvalue weighted by atomic mass is 10.0. The zero-order valence-corrected chi connectivity index (χ0v) is 18.9. The van der Waals surface area contributed by atoms with Gasteiger partial charge in [-0.05, 0) is 43.4 Å². The van der Waals surface area contributed by atoms with Crippen LogP contribution in [0.2, 0.25) is 0 Å². The Labute approximate surface area is 188 Å². The van der Waals surface area contributed by atoms with Gasteiger partial charge in [-0.1, -0.05) is 19.9 Å². The Morgan fingerprint density at radius 2 is 1.97 bits per heavy atom. The van der Waals surface area contributed by atoms with E-state index in [2.05, 4.69) is 15.3 Å². The fourth-order valence-electron chi connectivity index (χ4n) is 4.16. The van der Waals surface area contributed by atoms with E-state index in [1.165, 1.54) is 0 Å². The number of nitrogens with one attached hydrogen (secondary N) is 1. The van der Waals surface area contributed by atoms with Gasteiger partial charge in [0, 0.05) is 30.6 Å². The molecule has 0 bridgehead atoms. The number of likely N-dealkylation sites (N-methyl/N-ethyl adjacent to an activating group) is 1. The molecular formula is C24H28N6O2. The standard InChI is InChI=1S/C24H28N6O2/c1-15(2)21(24(31)27-16-11-12-20(32-4)26-14-16)30(3)23-17-8-7-10-18(17)28-22(29-23)19-9-5-6-13-25-19/h5-6,9,11-15,21H,7-8,10H2,1-4H3,(H,27,31)/t21-/m0/s1. The first-order chi connectivity index (χ1) is 15.5. The van der Waals surface area contributed by atoms with E-state index in [1.807, 2.05) is 44.0 Å². The van der Waals surface area contributed by atoms with Gasteiger partial charge >= 0.3 is 0 Å². The number of aryl methyl sites for hydroxylation is 1. The number of fused-ring (bicyclic) bond motifs is 1. The number of hydrogen-bond donors (Lipinski definition) is 1. The Bertz CT molecular complexity index is 1090. The highest BCUT2D eigenvalue weighted by atomic mass is 16.5. The molecule has 1 N–H and O–H groups in total. The molecule has 8 heteroatoms. The van der Waals surface area contributed by atoms with E-state index in [0.717, 1.165) is 42.0 Å². The van der Waals surface area contributed by atoms with Gasteiger partial charge in [0.15, 0.2) is 5.82 Å². The number of carbonyl (C=O) groups is 1. The number of rotatable bonds is 7. The second-order valence-electron chi connectivity index (χ2n) is 8.24. The molecular weight excluding hydrogens is 404 g/mol. The Hall–Kier alpha value is -3.55. The van der Waals surface area contributed by atoms with E-state index >= 15 is 0 Å². The van der Waals surface area contributed by atoms with Crippen molar-refractivity contribution in [1.29, 1.82) is 0 Å². The molecule has 0 saturated carbocycles. The number of amides is 1. The smallest absolute Gasteiger partial charge is 0.247 e. The molecule has 0 unspecified atom stereocenters. The third-order valence-corrected chi connectivity index (χ3v) is 5.67. The minimum atomic E-state index is -0.423. The Balaban J connectivity index is 1.66. The predicted octanol–water partition coefficient (Wildman–Crippen LogP) is 3.53. The number of pyridine rings is 2. The number of anilines is 2. The SMILES string of the molecule is COc1ccc(NC(=O)[C@H](C(C)C)N(C)c2nc(-c3ccccn3)nc3c2CCC3)cn1. The summed E-state index contributed by atoms with van der Waals surface area (Å²) in [6, 6.07) is 8.78. The number of aromatic nitrogens is 4. The van der Waals surface area contributed by atoms with Crippen molar-refractivity contribution in [3.05, 3.63) is 54.0 Å². The van der Waals surface area contributed by atoms with Crippen molar-refractivity contribution in [2.45, 2.75) is 39.2 Å². The normalized spacial score (nSPS) is 13.5. The minimum absolute atomic E-state index is 0.0523. The average molecular weight is 433 g/mol. The van der Waals surface area contributed by atoms with Crippen LogP contribution in [0.3, 0.4) is 0 Å². The zero-order chi connectivity index (χ0) is 22.7.